The van der Waals surface area contributed by atoms with Crippen LogP contribution in [0.1, 0.15) is 18.4 Å². The summed E-state index contributed by atoms with van der Waals surface area (Å²) >= 11 is 0. The van der Waals surface area contributed by atoms with Crippen LogP contribution in [-0.2, 0) is 12.8 Å². The monoisotopic (exact) mass is 165 g/mol. The SMILES string of the molecule is CCc1ccc(CC2CNC2)o1. The Morgan fingerprint density at radius 2 is 2.17 bits per heavy atom. The van der Waals surface area contributed by atoms with Gasteiger partial charge in [-0.1, -0.05) is 6.92 Å². The van der Waals surface area contributed by atoms with Crippen LogP contribution in [-0.4, -0.2) is 13.1 Å². The summed E-state index contributed by atoms with van der Waals surface area (Å²) in [6.45, 7) is 4.43. The van der Waals surface area contributed by atoms with Gasteiger partial charge in [-0.05, 0) is 31.1 Å². The van der Waals surface area contributed by atoms with Crippen molar-refractivity contribution >= 4 is 0 Å². The van der Waals surface area contributed by atoms with Crippen molar-refractivity contribution in [3.05, 3.63) is 23.7 Å². The molecule has 1 fully saturated rings. The molecule has 66 valence electrons. The molecular weight excluding hydrogens is 150 g/mol. The molecule has 0 radical (unpaired) electrons. The predicted molar refractivity (Wildman–Crippen MR) is 48.1 cm³/mol. The lowest BCUT2D eigenvalue weighted by Crippen LogP contribution is -2.42. The molecule has 2 heterocycles. The Bertz CT molecular complexity index is 250. The second-order valence-electron chi connectivity index (χ2n) is 3.45. The molecule has 0 aliphatic carbocycles. The van der Waals surface area contributed by atoms with Gasteiger partial charge in [0.25, 0.3) is 0 Å². The molecule has 0 atom stereocenters. The van der Waals surface area contributed by atoms with Crippen LogP contribution in [0.15, 0.2) is 16.5 Å². The first-order valence-electron chi connectivity index (χ1n) is 4.66. The first-order chi connectivity index (χ1) is 5.88. The third-order valence-corrected chi connectivity index (χ3v) is 2.42. The third-order valence-electron chi connectivity index (χ3n) is 2.42. The highest BCUT2D eigenvalue weighted by atomic mass is 16.3. The largest absolute Gasteiger partial charge is 0.466 e. The Hall–Kier alpha value is -0.760. The quantitative estimate of drug-likeness (QED) is 0.736. The number of hydrogen-bond acceptors (Lipinski definition) is 2. The van der Waals surface area contributed by atoms with Crippen molar-refractivity contribution in [3.63, 3.8) is 0 Å². The van der Waals surface area contributed by atoms with Crippen LogP contribution in [0, 0.1) is 5.92 Å². The van der Waals surface area contributed by atoms with Crippen LogP contribution in [0.4, 0.5) is 0 Å². The summed E-state index contributed by atoms with van der Waals surface area (Å²) in [5.74, 6) is 3.07. The van der Waals surface area contributed by atoms with E-state index in [1.54, 1.807) is 0 Å². The van der Waals surface area contributed by atoms with Crippen molar-refractivity contribution in [1.29, 1.82) is 0 Å². The topological polar surface area (TPSA) is 25.2 Å². The van der Waals surface area contributed by atoms with E-state index in [-0.39, 0.29) is 0 Å². The molecular formula is C10H15NO. The van der Waals surface area contributed by atoms with E-state index >= 15 is 0 Å². The zero-order valence-electron chi connectivity index (χ0n) is 7.47. The number of hydrogen-bond donors (Lipinski definition) is 1. The number of nitrogens with one attached hydrogen (secondary N) is 1. The van der Waals surface area contributed by atoms with Gasteiger partial charge in [0.15, 0.2) is 0 Å². The van der Waals surface area contributed by atoms with Crippen molar-refractivity contribution < 1.29 is 4.42 Å². The van der Waals surface area contributed by atoms with E-state index in [1.807, 2.05) is 0 Å². The van der Waals surface area contributed by atoms with Gasteiger partial charge in [-0.3, -0.25) is 0 Å². The molecule has 0 aromatic carbocycles. The number of furan rings is 1. The van der Waals surface area contributed by atoms with Crippen molar-refractivity contribution in [1.82, 2.24) is 5.32 Å². The van der Waals surface area contributed by atoms with Gasteiger partial charge >= 0.3 is 0 Å². The maximum absolute atomic E-state index is 5.61. The first-order valence-corrected chi connectivity index (χ1v) is 4.66. The standard InChI is InChI=1S/C10H15NO/c1-2-9-3-4-10(12-9)5-8-6-11-7-8/h3-4,8,11H,2,5-7H2,1H3. The highest BCUT2D eigenvalue weighted by Gasteiger charge is 2.18. The summed E-state index contributed by atoms with van der Waals surface area (Å²) in [4.78, 5) is 0. The molecule has 2 heteroatoms. The van der Waals surface area contributed by atoms with Crippen LogP contribution < -0.4 is 5.32 Å². The molecule has 0 saturated carbocycles. The van der Waals surface area contributed by atoms with E-state index in [9.17, 15) is 0 Å². The van der Waals surface area contributed by atoms with E-state index in [4.69, 9.17) is 4.42 Å². The lowest BCUT2D eigenvalue weighted by atomic mass is 9.98. The van der Waals surface area contributed by atoms with Crippen LogP contribution in [0.2, 0.25) is 0 Å². The molecule has 1 N–H and O–H groups in total. The molecule has 1 aromatic heterocycles. The summed E-state index contributed by atoms with van der Waals surface area (Å²) in [5, 5.41) is 3.26. The second kappa shape index (κ2) is 3.31. The highest BCUT2D eigenvalue weighted by molar-refractivity contribution is 5.08. The van der Waals surface area contributed by atoms with Crippen LogP contribution in [0.5, 0.6) is 0 Å². The van der Waals surface area contributed by atoms with E-state index in [1.165, 1.54) is 0 Å². The van der Waals surface area contributed by atoms with Gasteiger partial charge in [-0.25, -0.2) is 0 Å². The molecule has 0 bridgehead atoms. The Labute approximate surface area is 73.0 Å². The Morgan fingerprint density at radius 3 is 2.67 bits per heavy atom. The van der Waals surface area contributed by atoms with Gasteiger partial charge in [0.2, 0.25) is 0 Å². The molecule has 1 aliphatic heterocycles. The fraction of sp³-hybridized carbons (Fsp3) is 0.600. The van der Waals surface area contributed by atoms with Crippen LogP contribution >= 0.6 is 0 Å². The fourth-order valence-electron chi connectivity index (χ4n) is 1.50. The molecule has 12 heavy (non-hydrogen) atoms. The third kappa shape index (κ3) is 1.53. The van der Waals surface area contributed by atoms with Crippen molar-refractivity contribution in [3.8, 4) is 0 Å². The van der Waals surface area contributed by atoms with Crippen LogP contribution in [0.25, 0.3) is 0 Å². The van der Waals surface area contributed by atoms with Crippen molar-refractivity contribution in [2.45, 2.75) is 19.8 Å². The summed E-state index contributed by atoms with van der Waals surface area (Å²) in [6, 6.07) is 4.19. The molecule has 2 rings (SSSR count). The van der Waals surface area contributed by atoms with E-state index < -0.39 is 0 Å². The smallest absolute Gasteiger partial charge is 0.104 e. The Morgan fingerprint density at radius 1 is 1.42 bits per heavy atom. The van der Waals surface area contributed by atoms with Gasteiger partial charge < -0.3 is 9.73 Å². The molecule has 0 unspecified atom stereocenters. The minimum absolute atomic E-state index is 0.806. The van der Waals surface area contributed by atoms with Gasteiger partial charge in [-0.15, -0.1) is 0 Å². The Kier molecular flexibility index (Phi) is 2.17. The predicted octanol–water partition coefficient (Wildman–Crippen LogP) is 1.60. The summed E-state index contributed by atoms with van der Waals surface area (Å²) in [5.41, 5.74) is 0. The van der Waals surface area contributed by atoms with E-state index in [2.05, 4.69) is 24.4 Å². The highest BCUT2D eigenvalue weighted by Crippen LogP contribution is 2.15. The lowest BCUT2D eigenvalue weighted by molar-refractivity contribution is 0.319. The maximum atomic E-state index is 5.61. The van der Waals surface area contributed by atoms with Gasteiger partial charge in [0.1, 0.15) is 11.5 Å². The minimum Gasteiger partial charge on any atom is -0.466 e. The molecule has 0 amide bonds. The van der Waals surface area contributed by atoms with Crippen molar-refractivity contribution in [2.24, 2.45) is 5.92 Å². The maximum Gasteiger partial charge on any atom is 0.104 e. The average molecular weight is 165 g/mol. The summed E-state index contributed by atoms with van der Waals surface area (Å²) < 4.78 is 5.61. The summed E-state index contributed by atoms with van der Waals surface area (Å²) in [6.07, 6.45) is 2.11. The Balaban J connectivity index is 1.93. The van der Waals surface area contributed by atoms with E-state index in [0.717, 1.165) is 43.4 Å². The molecule has 1 aliphatic rings. The van der Waals surface area contributed by atoms with E-state index in [0.29, 0.717) is 0 Å². The zero-order chi connectivity index (χ0) is 8.39. The minimum atomic E-state index is 0.806. The van der Waals surface area contributed by atoms with Crippen LogP contribution in [0.3, 0.4) is 0 Å². The number of aryl methyl sites for hydroxylation is 1. The lowest BCUT2D eigenvalue weighted by Gasteiger charge is -2.25. The van der Waals surface area contributed by atoms with Gasteiger partial charge in [0, 0.05) is 12.8 Å². The summed E-state index contributed by atoms with van der Waals surface area (Å²) in [7, 11) is 0. The van der Waals surface area contributed by atoms with Crippen molar-refractivity contribution in [2.75, 3.05) is 13.1 Å². The second-order valence-corrected chi connectivity index (χ2v) is 3.45. The average Bonchev–Trinajstić information content (AvgIpc) is 2.44. The first kappa shape index (κ1) is 7.87. The van der Waals surface area contributed by atoms with Gasteiger partial charge in [0.05, 0.1) is 0 Å². The van der Waals surface area contributed by atoms with Gasteiger partial charge in [-0.2, -0.15) is 0 Å². The molecule has 2 nitrogen and oxygen atoms in total. The molecule has 1 saturated heterocycles. The fourth-order valence-corrected chi connectivity index (χ4v) is 1.50. The molecule has 1 aromatic rings. The number of rotatable bonds is 3. The zero-order valence-corrected chi connectivity index (χ0v) is 7.47. The normalized spacial score (nSPS) is 17.8. The molecule has 0 spiro atoms.